The van der Waals surface area contributed by atoms with E-state index >= 15 is 0 Å². The molecule has 21 heavy (non-hydrogen) atoms. The second-order valence-electron chi connectivity index (χ2n) is 4.04. The Bertz CT molecular complexity index is 459. The van der Waals surface area contributed by atoms with Crippen LogP contribution >= 0.6 is 0 Å². The lowest BCUT2D eigenvalue weighted by molar-refractivity contribution is -0.150. The van der Waals surface area contributed by atoms with Crippen molar-refractivity contribution in [2.45, 2.75) is 13.0 Å². The van der Waals surface area contributed by atoms with Crippen LogP contribution in [0, 0.1) is 0 Å². The van der Waals surface area contributed by atoms with Crippen molar-refractivity contribution >= 4 is 11.9 Å². The summed E-state index contributed by atoms with van der Waals surface area (Å²) >= 11 is 0. The minimum absolute atomic E-state index is 0.220. The standard InChI is InChI=1S/C14H19NO6/c1-3-20-10-4-6-11(7-5-10)21-9-13(17)15-8-12(16)14(18)19-2/h4-7,12,16H,3,8-9H2,1-2H3,(H,15,17). The van der Waals surface area contributed by atoms with Crippen LogP contribution in [0.2, 0.25) is 0 Å². The SMILES string of the molecule is CCOc1ccc(OCC(=O)NCC(O)C(=O)OC)cc1. The summed E-state index contributed by atoms with van der Waals surface area (Å²) < 4.78 is 14.9. The lowest BCUT2D eigenvalue weighted by Crippen LogP contribution is -2.39. The van der Waals surface area contributed by atoms with Gasteiger partial charge in [-0.05, 0) is 31.2 Å². The molecular weight excluding hydrogens is 278 g/mol. The van der Waals surface area contributed by atoms with Crippen molar-refractivity contribution < 1.29 is 28.9 Å². The van der Waals surface area contributed by atoms with Crippen LogP contribution in [0.15, 0.2) is 24.3 Å². The number of benzene rings is 1. The first-order chi connectivity index (χ1) is 10.1. The maximum atomic E-state index is 11.5. The van der Waals surface area contributed by atoms with Crippen molar-refractivity contribution in [2.24, 2.45) is 0 Å². The molecule has 0 heterocycles. The Morgan fingerprint density at radius 1 is 1.19 bits per heavy atom. The number of hydrogen-bond acceptors (Lipinski definition) is 6. The first-order valence-electron chi connectivity index (χ1n) is 6.45. The number of hydrogen-bond donors (Lipinski definition) is 2. The molecule has 1 unspecified atom stereocenters. The topological polar surface area (TPSA) is 94.1 Å². The Morgan fingerprint density at radius 3 is 2.29 bits per heavy atom. The molecule has 116 valence electrons. The van der Waals surface area contributed by atoms with Gasteiger partial charge in [0.05, 0.1) is 20.3 Å². The third-order valence-electron chi connectivity index (χ3n) is 2.47. The van der Waals surface area contributed by atoms with Gasteiger partial charge < -0.3 is 24.6 Å². The van der Waals surface area contributed by atoms with Gasteiger partial charge in [0.15, 0.2) is 12.7 Å². The number of carbonyl (C=O) groups excluding carboxylic acids is 2. The zero-order valence-electron chi connectivity index (χ0n) is 12.0. The number of rotatable bonds is 8. The first kappa shape index (κ1) is 16.8. The van der Waals surface area contributed by atoms with Gasteiger partial charge in [0.25, 0.3) is 5.91 Å². The number of methoxy groups -OCH3 is 1. The van der Waals surface area contributed by atoms with Crippen LogP contribution in [-0.4, -0.2) is 50.0 Å². The molecule has 0 aliphatic carbocycles. The lowest BCUT2D eigenvalue weighted by atomic mass is 10.3. The van der Waals surface area contributed by atoms with E-state index in [0.717, 1.165) is 12.9 Å². The molecule has 0 fully saturated rings. The molecular formula is C14H19NO6. The Labute approximate surface area is 122 Å². The van der Waals surface area contributed by atoms with Gasteiger partial charge in [0.2, 0.25) is 0 Å². The quantitative estimate of drug-likeness (QED) is 0.662. The smallest absolute Gasteiger partial charge is 0.336 e. The van der Waals surface area contributed by atoms with Gasteiger partial charge in [-0.3, -0.25) is 4.79 Å². The predicted molar refractivity (Wildman–Crippen MR) is 74.1 cm³/mol. The van der Waals surface area contributed by atoms with Crippen LogP contribution in [0.25, 0.3) is 0 Å². The fraction of sp³-hybridized carbons (Fsp3) is 0.429. The molecule has 0 saturated heterocycles. The van der Waals surface area contributed by atoms with Gasteiger partial charge in [-0.1, -0.05) is 0 Å². The molecule has 7 heteroatoms. The molecule has 1 aromatic rings. The van der Waals surface area contributed by atoms with E-state index in [9.17, 15) is 14.7 Å². The average Bonchev–Trinajstić information content (AvgIpc) is 2.51. The van der Waals surface area contributed by atoms with Crippen LogP contribution in [0.1, 0.15) is 6.92 Å². The van der Waals surface area contributed by atoms with Crippen molar-refractivity contribution in [1.29, 1.82) is 0 Å². The second-order valence-corrected chi connectivity index (χ2v) is 4.04. The Balaban J connectivity index is 2.31. The molecule has 0 aliphatic heterocycles. The Morgan fingerprint density at radius 2 is 1.76 bits per heavy atom. The average molecular weight is 297 g/mol. The normalized spacial score (nSPS) is 11.4. The minimum Gasteiger partial charge on any atom is -0.494 e. The second kappa shape index (κ2) is 8.80. The summed E-state index contributed by atoms with van der Waals surface area (Å²) in [7, 11) is 1.16. The summed E-state index contributed by atoms with van der Waals surface area (Å²) in [5.74, 6) is -0.0211. The predicted octanol–water partition coefficient (Wildman–Crippen LogP) is 0.114. The fourth-order valence-corrected chi connectivity index (χ4v) is 1.43. The maximum Gasteiger partial charge on any atom is 0.336 e. The highest BCUT2D eigenvalue weighted by atomic mass is 16.5. The van der Waals surface area contributed by atoms with Crippen molar-refractivity contribution in [3.63, 3.8) is 0 Å². The molecule has 0 aliphatic rings. The van der Waals surface area contributed by atoms with Gasteiger partial charge in [-0.15, -0.1) is 0 Å². The van der Waals surface area contributed by atoms with E-state index in [4.69, 9.17) is 9.47 Å². The number of amides is 1. The van der Waals surface area contributed by atoms with E-state index in [1.165, 1.54) is 0 Å². The van der Waals surface area contributed by atoms with E-state index in [1.807, 2.05) is 6.92 Å². The van der Waals surface area contributed by atoms with Crippen molar-refractivity contribution in [1.82, 2.24) is 5.32 Å². The van der Waals surface area contributed by atoms with Crippen molar-refractivity contribution in [3.05, 3.63) is 24.3 Å². The molecule has 1 atom stereocenters. The molecule has 7 nitrogen and oxygen atoms in total. The van der Waals surface area contributed by atoms with Gasteiger partial charge in [0, 0.05) is 0 Å². The maximum absolute atomic E-state index is 11.5. The number of esters is 1. The number of aliphatic hydroxyl groups is 1. The number of aliphatic hydroxyl groups excluding tert-OH is 1. The van der Waals surface area contributed by atoms with Crippen LogP contribution in [-0.2, 0) is 14.3 Å². The zero-order valence-corrected chi connectivity index (χ0v) is 12.0. The first-order valence-corrected chi connectivity index (χ1v) is 6.45. The molecule has 1 amide bonds. The number of nitrogens with one attached hydrogen (secondary N) is 1. The third kappa shape index (κ3) is 6.13. The molecule has 0 bridgehead atoms. The minimum atomic E-state index is -1.38. The van der Waals surface area contributed by atoms with Crippen molar-refractivity contribution in [3.8, 4) is 11.5 Å². The van der Waals surface area contributed by atoms with E-state index in [-0.39, 0.29) is 13.2 Å². The van der Waals surface area contributed by atoms with Crippen LogP contribution in [0.5, 0.6) is 11.5 Å². The summed E-state index contributed by atoms with van der Waals surface area (Å²) in [6.07, 6.45) is -1.38. The van der Waals surface area contributed by atoms with Gasteiger partial charge >= 0.3 is 5.97 Å². The van der Waals surface area contributed by atoms with Crippen molar-refractivity contribution in [2.75, 3.05) is 26.9 Å². The molecule has 0 aromatic heterocycles. The zero-order chi connectivity index (χ0) is 15.7. The molecule has 0 radical (unpaired) electrons. The highest BCUT2D eigenvalue weighted by molar-refractivity contribution is 5.79. The summed E-state index contributed by atoms with van der Waals surface area (Å²) in [6, 6.07) is 6.83. The van der Waals surface area contributed by atoms with Gasteiger partial charge in [0.1, 0.15) is 11.5 Å². The summed E-state index contributed by atoms with van der Waals surface area (Å²) in [6.45, 7) is 2.02. The number of ether oxygens (including phenoxy) is 3. The lowest BCUT2D eigenvalue weighted by Gasteiger charge is -2.10. The Hall–Kier alpha value is -2.28. The van der Waals surface area contributed by atoms with E-state index < -0.39 is 18.0 Å². The molecule has 1 rings (SSSR count). The fourth-order valence-electron chi connectivity index (χ4n) is 1.43. The van der Waals surface area contributed by atoms with E-state index in [1.54, 1.807) is 24.3 Å². The third-order valence-corrected chi connectivity index (χ3v) is 2.47. The highest BCUT2D eigenvalue weighted by Gasteiger charge is 2.16. The molecule has 0 spiro atoms. The van der Waals surface area contributed by atoms with E-state index in [2.05, 4.69) is 10.1 Å². The molecule has 1 aromatic carbocycles. The summed E-state index contributed by atoms with van der Waals surface area (Å²) in [5.41, 5.74) is 0. The molecule has 0 saturated carbocycles. The van der Waals surface area contributed by atoms with Crippen LogP contribution in [0.4, 0.5) is 0 Å². The van der Waals surface area contributed by atoms with E-state index in [0.29, 0.717) is 12.4 Å². The summed E-state index contributed by atoms with van der Waals surface area (Å²) in [4.78, 5) is 22.4. The molecule has 2 N–H and O–H groups in total. The number of carbonyl (C=O) groups is 2. The largest absolute Gasteiger partial charge is 0.494 e. The monoisotopic (exact) mass is 297 g/mol. The van der Waals surface area contributed by atoms with Gasteiger partial charge in [-0.25, -0.2) is 4.79 Å². The summed E-state index contributed by atoms with van der Waals surface area (Å²) in [5, 5.41) is 11.6. The van der Waals surface area contributed by atoms with Crippen LogP contribution in [0.3, 0.4) is 0 Å². The van der Waals surface area contributed by atoms with Crippen LogP contribution < -0.4 is 14.8 Å². The highest BCUT2D eigenvalue weighted by Crippen LogP contribution is 2.17. The van der Waals surface area contributed by atoms with Gasteiger partial charge in [-0.2, -0.15) is 0 Å². The Kier molecular flexibility index (Phi) is 7.03.